The van der Waals surface area contributed by atoms with Crippen molar-refractivity contribution in [3.8, 4) is 18.0 Å². The van der Waals surface area contributed by atoms with Gasteiger partial charge in [-0.1, -0.05) is 38.0 Å². The van der Waals surface area contributed by atoms with E-state index in [0.717, 1.165) is 29.7 Å². The maximum atomic E-state index is 12.5. The Bertz CT molecular complexity index is 766. The number of aryl methyl sites for hydroxylation is 3. The molecule has 0 aliphatic heterocycles. The Morgan fingerprint density at radius 2 is 1.87 bits per heavy atom. The van der Waals surface area contributed by atoms with Crippen molar-refractivity contribution in [2.24, 2.45) is 0 Å². The van der Waals surface area contributed by atoms with Crippen molar-refractivity contribution in [3.05, 3.63) is 45.6 Å². The zero-order valence-electron chi connectivity index (χ0n) is 13.7. The van der Waals surface area contributed by atoms with Crippen LogP contribution < -0.4 is 16.5 Å². The molecule has 1 aromatic carbocycles. The molecule has 6 heteroatoms. The van der Waals surface area contributed by atoms with Crippen LogP contribution in [0.4, 0.5) is 5.95 Å². The van der Waals surface area contributed by atoms with Gasteiger partial charge < -0.3 is 0 Å². The molecule has 0 saturated heterocycles. The molecule has 0 radical (unpaired) electrons. The van der Waals surface area contributed by atoms with Crippen molar-refractivity contribution in [1.82, 2.24) is 20.0 Å². The zero-order chi connectivity index (χ0) is 16.8. The first-order valence-electron chi connectivity index (χ1n) is 7.63. The van der Waals surface area contributed by atoms with E-state index in [0.29, 0.717) is 12.4 Å². The maximum absolute atomic E-state index is 12.5. The second-order valence-electron chi connectivity index (χ2n) is 5.03. The zero-order valence-corrected chi connectivity index (χ0v) is 13.7. The average molecular weight is 311 g/mol. The number of terminal acetylenes is 1. The van der Waals surface area contributed by atoms with E-state index >= 15 is 0 Å². The molecule has 0 saturated carbocycles. The molecule has 0 bridgehead atoms. The van der Waals surface area contributed by atoms with Crippen LogP contribution in [0.2, 0.25) is 0 Å². The molecule has 0 unspecified atom stereocenters. The smallest absolute Gasteiger partial charge is 0.289 e. The van der Waals surface area contributed by atoms with Crippen LogP contribution in [0.25, 0.3) is 5.69 Å². The fraction of sp³-hybridized carbons (Fsp3) is 0.353. The number of anilines is 1. The molecular weight excluding hydrogens is 290 g/mol. The molecule has 0 spiro atoms. The molecule has 2 N–H and O–H groups in total. The van der Waals surface area contributed by atoms with E-state index in [1.807, 2.05) is 18.2 Å². The number of para-hydroxylation sites is 1. The van der Waals surface area contributed by atoms with Crippen LogP contribution in [0.15, 0.2) is 23.0 Å². The monoisotopic (exact) mass is 311 g/mol. The number of benzene rings is 1. The number of hydrogen-bond acceptors (Lipinski definition) is 5. The maximum Gasteiger partial charge on any atom is 0.356 e. The van der Waals surface area contributed by atoms with E-state index in [9.17, 15) is 4.79 Å². The van der Waals surface area contributed by atoms with Crippen molar-refractivity contribution in [1.29, 1.82) is 0 Å². The fourth-order valence-corrected chi connectivity index (χ4v) is 2.50. The van der Waals surface area contributed by atoms with Gasteiger partial charge in [-0.15, -0.1) is 6.42 Å². The summed E-state index contributed by atoms with van der Waals surface area (Å²) in [5.74, 6) is 3.21. The van der Waals surface area contributed by atoms with Gasteiger partial charge in [-0.3, -0.25) is 5.43 Å². The van der Waals surface area contributed by atoms with Crippen LogP contribution in [0, 0.1) is 19.3 Å². The number of hydrazine groups is 1. The van der Waals surface area contributed by atoms with Crippen molar-refractivity contribution in [2.45, 2.75) is 33.6 Å². The molecule has 6 nitrogen and oxygen atoms in total. The standard InChI is InChI=1S/C17H21N5O/c1-5-11-18-21-16-19-12(4)22(17(23)20-16)15-13(6-2)9-8-10-14(15)7-3/h1,8-10,18H,6-7,11H2,2-4H3,(H,20,21,23). The lowest BCUT2D eigenvalue weighted by atomic mass is 10.0. The first kappa shape index (κ1) is 16.7. The summed E-state index contributed by atoms with van der Waals surface area (Å²) in [5, 5.41) is 0. The van der Waals surface area contributed by atoms with Gasteiger partial charge in [-0.2, -0.15) is 9.97 Å². The molecule has 1 aromatic heterocycles. The highest BCUT2D eigenvalue weighted by Gasteiger charge is 2.14. The summed E-state index contributed by atoms with van der Waals surface area (Å²) >= 11 is 0. The summed E-state index contributed by atoms with van der Waals surface area (Å²) in [4.78, 5) is 20.9. The van der Waals surface area contributed by atoms with Gasteiger partial charge in [0, 0.05) is 0 Å². The molecule has 2 rings (SSSR count). The molecule has 120 valence electrons. The molecule has 23 heavy (non-hydrogen) atoms. The normalized spacial score (nSPS) is 10.3. The number of rotatable bonds is 6. The number of aromatic nitrogens is 3. The summed E-state index contributed by atoms with van der Waals surface area (Å²) in [6.07, 6.45) is 6.82. The Labute approximate surface area is 136 Å². The van der Waals surface area contributed by atoms with Crippen LogP contribution >= 0.6 is 0 Å². The van der Waals surface area contributed by atoms with E-state index in [-0.39, 0.29) is 11.6 Å². The van der Waals surface area contributed by atoms with E-state index < -0.39 is 0 Å². The van der Waals surface area contributed by atoms with Gasteiger partial charge in [0.25, 0.3) is 0 Å². The van der Waals surface area contributed by atoms with Gasteiger partial charge in [0.1, 0.15) is 5.82 Å². The first-order chi connectivity index (χ1) is 11.1. The fourth-order valence-electron chi connectivity index (χ4n) is 2.50. The summed E-state index contributed by atoms with van der Waals surface area (Å²) < 4.78 is 1.57. The van der Waals surface area contributed by atoms with Crippen molar-refractivity contribution in [2.75, 3.05) is 12.0 Å². The van der Waals surface area contributed by atoms with Gasteiger partial charge in [-0.25, -0.2) is 14.8 Å². The summed E-state index contributed by atoms with van der Waals surface area (Å²) in [6.45, 7) is 6.24. The minimum absolute atomic E-state index is 0.214. The lowest BCUT2D eigenvalue weighted by Gasteiger charge is -2.17. The SMILES string of the molecule is C#CCNNc1nc(C)n(-c2c(CC)cccc2CC)c(=O)n1. The second-order valence-corrected chi connectivity index (χ2v) is 5.03. The molecule has 0 aliphatic rings. The number of nitrogens with zero attached hydrogens (tertiary/aromatic N) is 3. The highest BCUT2D eigenvalue weighted by Crippen LogP contribution is 2.21. The van der Waals surface area contributed by atoms with Gasteiger partial charge in [0.2, 0.25) is 5.95 Å². The van der Waals surface area contributed by atoms with E-state index in [1.54, 1.807) is 11.5 Å². The molecule has 0 aliphatic carbocycles. The van der Waals surface area contributed by atoms with Gasteiger partial charge >= 0.3 is 5.69 Å². The third-order valence-electron chi connectivity index (χ3n) is 3.56. The minimum atomic E-state index is -0.363. The summed E-state index contributed by atoms with van der Waals surface area (Å²) in [6, 6.07) is 6.07. The molecule has 0 atom stereocenters. The Kier molecular flexibility index (Phi) is 5.50. The highest BCUT2D eigenvalue weighted by molar-refractivity contribution is 5.49. The lowest BCUT2D eigenvalue weighted by molar-refractivity contribution is 0.775. The van der Waals surface area contributed by atoms with E-state index in [2.05, 4.69) is 40.6 Å². The van der Waals surface area contributed by atoms with Crippen molar-refractivity contribution in [3.63, 3.8) is 0 Å². The Balaban J connectivity index is 2.54. The number of nitrogens with one attached hydrogen (secondary N) is 2. The first-order valence-corrected chi connectivity index (χ1v) is 7.63. The van der Waals surface area contributed by atoms with Crippen LogP contribution in [0.5, 0.6) is 0 Å². The van der Waals surface area contributed by atoms with Gasteiger partial charge in [-0.05, 0) is 30.9 Å². The second kappa shape index (κ2) is 7.56. The van der Waals surface area contributed by atoms with E-state index in [4.69, 9.17) is 6.42 Å². The minimum Gasteiger partial charge on any atom is -0.289 e. The Morgan fingerprint density at radius 1 is 1.22 bits per heavy atom. The summed E-state index contributed by atoms with van der Waals surface area (Å²) in [5.41, 5.74) is 8.22. The molecular formula is C17H21N5O. The molecule has 0 fully saturated rings. The van der Waals surface area contributed by atoms with Crippen LogP contribution in [0.3, 0.4) is 0 Å². The Morgan fingerprint density at radius 3 is 2.39 bits per heavy atom. The number of hydrogen-bond donors (Lipinski definition) is 2. The predicted octanol–water partition coefficient (Wildman–Crippen LogP) is 1.61. The predicted molar refractivity (Wildman–Crippen MR) is 91.6 cm³/mol. The topological polar surface area (TPSA) is 71.8 Å². The third kappa shape index (κ3) is 3.58. The van der Waals surface area contributed by atoms with Gasteiger partial charge in [0.15, 0.2) is 0 Å². The third-order valence-corrected chi connectivity index (χ3v) is 3.56. The molecule has 1 heterocycles. The largest absolute Gasteiger partial charge is 0.356 e. The molecule has 0 amide bonds. The average Bonchev–Trinajstić information content (AvgIpc) is 2.54. The Hall–Kier alpha value is -2.65. The van der Waals surface area contributed by atoms with Gasteiger partial charge in [0.05, 0.1) is 12.2 Å². The highest BCUT2D eigenvalue weighted by atomic mass is 16.1. The summed E-state index contributed by atoms with van der Waals surface area (Å²) in [7, 11) is 0. The van der Waals surface area contributed by atoms with Crippen molar-refractivity contribution < 1.29 is 0 Å². The van der Waals surface area contributed by atoms with Crippen LogP contribution in [-0.2, 0) is 12.8 Å². The lowest BCUT2D eigenvalue weighted by Crippen LogP contribution is -2.31. The quantitative estimate of drug-likeness (QED) is 0.482. The van der Waals surface area contributed by atoms with Crippen LogP contribution in [0.1, 0.15) is 30.8 Å². The van der Waals surface area contributed by atoms with E-state index in [1.165, 1.54) is 0 Å². The van der Waals surface area contributed by atoms with Crippen LogP contribution in [-0.4, -0.2) is 21.1 Å². The molecule has 2 aromatic rings. The van der Waals surface area contributed by atoms with Crippen molar-refractivity contribution >= 4 is 5.95 Å².